The number of benzene rings is 1. The lowest BCUT2D eigenvalue weighted by molar-refractivity contribution is 0.645. The normalized spacial score (nSPS) is 14.6. The van der Waals surface area contributed by atoms with Gasteiger partial charge in [0.2, 0.25) is 0 Å². The molecule has 0 aliphatic rings. The highest BCUT2D eigenvalue weighted by atomic mass is 127. The summed E-state index contributed by atoms with van der Waals surface area (Å²) in [4.78, 5) is 4.22. The van der Waals surface area contributed by atoms with E-state index in [1.54, 1.807) is 7.05 Å². The Balaban J connectivity index is 0.00000484. The van der Waals surface area contributed by atoms with Crippen molar-refractivity contribution in [1.82, 2.24) is 10.6 Å². The van der Waals surface area contributed by atoms with Crippen LogP contribution in [0.15, 0.2) is 33.7 Å². The van der Waals surface area contributed by atoms with Crippen LogP contribution in [-0.2, 0) is 10.8 Å². The monoisotopic (exact) mass is 515 g/mol. The van der Waals surface area contributed by atoms with Crippen molar-refractivity contribution in [2.24, 2.45) is 4.99 Å². The molecule has 0 amide bonds. The van der Waals surface area contributed by atoms with E-state index in [0.29, 0.717) is 18.3 Å². The molecule has 0 aromatic heterocycles. The van der Waals surface area contributed by atoms with Crippen molar-refractivity contribution in [3.8, 4) is 0 Å². The van der Waals surface area contributed by atoms with Gasteiger partial charge in [0.25, 0.3) is 0 Å². The van der Waals surface area contributed by atoms with Gasteiger partial charge in [-0.25, -0.2) is 0 Å². The van der Waals surface area contributed by atoms with E-state index in [9.17, 15) is 4.21 Å². The first-order chi connectivity index (χ1) is 10.3. The van der Waals surface area contributed by atoms with Crippen molar-refractivity contribution in [3.63, 3.8) is 0 Å². The van der Waals surface area contributed by atoms with Crippen LogP contribution in [0.5, 0.6) is 0 Å². The number of nitrogens with one attached hydrogen (secondary N) is 2. The van der Waals surface area contributed by atoms with Gasteiger partial charge in [-0.2, -0.15) is 0 Å². The Morgan fingerprint density at radius 2 is 1.96 bits per heavy atom. The largest absolute Gasteiger partial charge is 0.355 e. The van der Waals surface area contributed by atoms with Gasteiger partial charge in [0.15, 0.2) is 5.96 Å². The first kappa shape index (κ1) is 22.9. The minimum absolute atomic E-state index is 0. The number of hydrogen-bond acceptors (Lipinski definition) is 2. The van der Waals surface area contributed by atoms with E-state index in [-0.39, 0.29) is 34.8 Å². The second-order valence-electron chi connectivity index (χ2n) is 6.05. The van der Waals surface area contributed by atoms with Crippen molar-refractivity contribution < 1.29 is 4.21 Å². The maximum Gasteiger partial charge on any atom is 0.191 e. The average molecular weight is 516 g/mol. The number of rotatable bonds is 5. The van der Waals surface area contributed by atoms with Crippen molar-refractivity contribution in [2.75, 3.05) is 19.3 Å². The fraction of sp³-hybridized carbons (Fsp3) is 0.562. The first-order valence-electron chi connectivity index (χ1n) is 7.35. The molecule has 0 saturated carbocycles. The summed E-state index contributed by atoms with van der Waals surface area (Å²) < 4.78 is 12.9. The lowest BCUT2D eigenvalue weighted by atomic mass is 10.1. The van der Waals surface area contributed by atoms with Gasteiger partial charge in [-0.15, -0.1) is 24.0 Å². The van der Waals surface area contributed by atoms with Gasteiger partial charge in [0, 0.05) is 39.4 Å². The second kappa shape index (κ2) is 10.7. The number of hydrogen-bond donors (Lipinski definition) is 2. The minimum atomic E-state index is -0.861. The van der Waals surface area contributed by atoms with Crippen LogP contribution in [0.2, 0.25) is 0 Å². The van der Waals surface area contributed by atoms with Gasteiger partial charge in [-0.3, -0.25) is 9.20 Å². The summed E-state index contributed by atoms with van der Waals surface area (Å²) in [5.41, 5.74) is 1.17. The molecule has 1 rings (SSSR count). The molecule has 4 nitrogen and oxygen atoms in total. The van der Waals surface area contributed by atoms with Crippen molar-refractivity contribution in [2.45, 2.75) is 38.5 Å². The third-order valence-electron chi connectivity index (χ3n) is 3.21. The number of halogens is 2. The fourth-order valence-corrected chi connectivity index (χ4v) is 3.40. The van der Waals surface area contributed by atoms with Crippen LogP contribution in [0.4, 0.5) is 0 Å². The number of guanidine groups is 1. The number of nitrogens with zero attached hydrogens (tertiary/aromatic N) is 1. The first-order valence-corrected chi connectivity index (χ1v) is 9.47. The summed E-state index contributed by atoms with van der Waals surface area (Å²) in [6.45, 7) is 8.69. The van der Waals surface area contributed by atoms with Crippen LogP contribution in [0.3, 0.4) is 0 Å². The van der Waals surface area contributed by atoms with E-state index < -0.39 is 10.8 Å². The van der Waals surface area contributed by atoms with Crippen LogP contribution in [0.1, 0.15) is 39.3 Å². The molecule has 0 saturated heterocycles. The third-order valence-corrected chi connectivity index (χ3v) is 5.87. The van der Waals surface area contributed by atoms with E-state index in [2.05, 4.69) is 44.5 Å². The molecule has 2 atom stereocenters. The summed E-state index contributed by atoms with van der Waals surface area (Å²) in [7, 11) is 0.878. The third kappa shape index (κ3) is 7.98. The van der Waals surface area contributed by atoms with E-state index in [1.165, 1.54) is 5.56 Å². The Bertz CT molecular complexity index is 546. The van der Waals surface area contributed by atoms with E-state index in [4.69, 9.17) is 0 Å². The Hall–Kier alpha value is -0.150. The highest BCUT2D eigenvalue weighted by Crippen LogP contribution is 2.22. The zero-order valence-electron chi connectivity index (χ0n) is 14.4. The van der Waals surface area contributed by atoms with Crippen molar-refractivity contribution in [1.29, 1.82) is 0 Å². The summed E-state index contributed by atoms with van der Waals surface area (Å²) in [6.07, 6.45) is 0. The van der Waals surface area contributed by atoms with Gasteiger partial charge in [-0.1, -0.05) is 34.1 Å². The van der Waals surface area contributed by atoms with E-state index in [1.807, 2.05) is 39.0 Å². The molecule has 0 aliphatic carbocycles. The standard InChI is InChI=1S/C16H26BrN3OS.HI/c1-12(13-8-6-7-9-14(13)17)20-15(18-5)19-10-11-22(21)16(2,3)4;/h6-9,12H,10-11H2,1-5H3,(H2,18,19,20);1H. The molecule has 0 bridgehead atoms. The molecule has 1 aromatic rings. The molecule has 2 N–H and O–H groups in total. The molecule has 7 heteroatoms. The molecule has 132 valence electrons. The maximum atomic E-state index is 12.0. The molecule has 0 aliphatic heterocycles. The zero-order chi connectivity index (χ0) is 16.8. The highest BCUT2D eigenvalue weighted by Gasteiger charge is 2.19. The Kier molecular flexibility index (Phi) is 10.6. The number of aliphatic imine (C=N–C) groups is 1. The Morgan fingerprint density at radius 3 is 2.48 bits per heavy atom. The predicted octanol–water partition coefficient (Wildman–Crippen LogP) is 3.84. The van der Waals surface area contributed by atoms with Crippen LogP contribution >= 0.6 is 39.9 Å². The molecule has 2 unspecified atom stereocenters. The van der Waals surface area contributed by atoms with Gasteiger partial charge >= 0.3 is 0 Å². The predicted molar refractivity (Wildman–Crippen MR) is 115 cm³/mol. The lowest BCUT2D eigenvalue weighted by Gasteiger charge is -2.21. The molecule has 1 aromatic carbocycles. The highest BCUT2D eigenvalue weighted by molar-refractivity contribution is 14.0. The smallest absolute Gasteiger partial charge is 0.191 e. The zero-order valence-corrected chi connectivity index (χ0v) is 19.1. The Morgan fingerprint density at radius 1 is 1.35 bits per heavy atom. The second-order valence-corrected chi connectivity index (χ2v) is 9.23. The summed E-state index contributed by atoms with van der Waals surface area (Å²) in [6, 6.07) is 8.23. The van der Waals surface area contributed by atoms with Crippen molar-refractivity contribution in [3.05, 3.63) is 34.3 Å². The summed E-state index contributed by atoms with van der Waals surface area (Å²) in [5, 5.41) is 6.57. The topological polar surface area (TPSA) is 53.5 Å². The van der Waals surface area contributed by atoms with Crippen LogP contribution in [-0.4, -0.2) is 34.3 Å². The van der Waals surface area contributed by atoms with Gasteiger partial charge in [0.05, 0.1) is 6.04 Å². The van der Waals surface area contributed by atoms with E-state index >= 15 is 0 Å². The summed E-state index contributed by atoms with van der Waals surface area (Å²) in [5.74, 6) is 1.32. The summed E-state index contributed by atoms with van der Waals surface area (Å²) >= 11 is 3.56. The molecule has 23 heavy (non-hydrogen) atoms. The molecule has 0 spiro atoms. The van der Waals surface area contributed by atoms with Gasteiger partial charge < -0.3 is 10.6 Å². The average Bonchev–Trinajstić information content (AvgIpc) is 2.45. The quantitative estimate of drug-likeness (QED) is 0.356. The molecule has 0 radical (unpaired) electrons. The molecular weight excluding hydrogens is 489 g/mol. The van der Waals surface area contributed by atoms with Gasteiger partial charge in [0.1, 0.15) is 0 Å². The minimum Gasteiger partial charge on any atom is -0.355 e. The SMILES string of the molecule is CN=C(NCCS(=O)C(C)(C)C)NC(C)c1ccccc1Br.I. The fourth-order valence-electron chi connectivity index (χ4n) is 1.87. The van der Waals surface area contributed by atoms with Crippen LogP contribution < -0.4 is 10.6 Å². The molecular formula is C16H27BrIN3OS. The van der Waals surface area contributed by atoms with Crippen molar-refractivity contribution >= 4 is 56.7 Å². The van der Waals surface area contributed by atoms with Crippen LogP contribution in [0, 0.1) is 0 Å². The van der Waals surface area contributed by atoms with Gasteiger partial charge in [-0.05, 0) is 39.3 Å². The maximum absolute atomic E-state index is 12.0. The molecule has 0 heterocycles. The van der Waals surface area contributed by atoms with E-state index in [0.717, 1.165) is 4.47 Å². The van der Waals surface area contributed by atoms with Crippen LogP contribution in [0.25, 0.3) is 0 Å². The Labute approximate surface area is 167 Å². The molecule has 0 fully saturated rings. The lowest BCUT2D eigenvalue weighted by Crippen LogP contribution is -2.41.